The SMILES string of the molecule is CC(Sc1cccc(NC(=O)/C(=C/c2ccc(Cl)cc2)NC(=O)c2ccccc2)c1)C(=O)Nc1cccc(Cl)c1. The van der Waals surface area contributed by atoms with Crippen molar-refractivity contribution in [1.29, 1.82) is 0 Å². The molecule has 1 unspecified atom stereocenters. The van der Waals surface area contributed by atoms with Gasteiger partial charge in [0.15, 0.2) is 0 Å². The van der Waals surface area contributed by atoms with Gasteiger partial charge in [0.05, 0.1) is 5.25 Å². The van der Waals surface area contributed by atoms with Crippen LogP contribution in [0.2, 0.25) is 10.0 Å². The molecule has 0 saturated carbocycles. The van der Waals surface area contributed by atoms with Crippen molar-refractivity contribution < 1.29 is 14.4 Å². The van der Waals surface area contributed by atoms with Gasteiger partial charge < -0.3 is 16.0 Å². The van der Waals surface area contributed by atoms with Gasteiger partial charge in [-0.05, 0) is 79.2 Å². The third-order valence-electron chi connectivity index (χ3n) is 5.58. The van der Waals surface area contributed by atoms with Crippen molar-refractivity contribution in [2.75, 3.05) is 10.6 Å². The molecule has 4 aromatic carbocycles. The fourth-order valence-electron chi connectivity index (χ4n) is 3.58. The van der Waals surface area contributed by atoms with Crippen molar-refractivity contribution in [2.45, 2.75) is 17.1 Å². The Labute approximate surface area is 246 Å². The van der Waals surface area contributed by atoms with E-state index in [1.54, 1.807) is 110 Å². The van der Waals surface area contributed by atoms with Crippen LogP contribution in [0, 0.1) is 0 Å². The molecule has 0 heterocycles. The first-order valence-corrected chi connectivity index (χ1v) is 13.9. The maximum atomic E-state index is 13.3. The molecule has 0 aliphatic carbocycles. The summed E-state index contributed by atoms with van der Waals surface area (Å²) in [6, 6.07) is 29.6. The van der Waals surface area contributed by atoms with E-state index in [1.165, 1.54) is 11.8 Å². The normalized spacial score (nSPS) is 11.8. The van der Waals surface area contributed by atoms with E-state index in [4.69, 9.17) is 23.2 Å². The number of carbonyl (C=O) groups excluding carboxylic acids is 3. The molecule has 6 nitrogen and oxygen atoms in total. The van der Waals surface area contributed by atoms with Crippen molar-refractivity contribution in [2.24, 2.45) is 0 Å². The van der Waals surface area contributed by atoms with Crippen LogP contribution in [0.3, 0.4) is 0 Å². The van der Waals surface area contributed by atoms with Crippen molar-refractivity contribution in [3.05, 3.63) is 130 Å². The Morgan fingerprint density at radius 2 is 1.43 bits per heavy atom. The van der Waals surface area contributed by atoms with E-state index in [-0.39, 0.29) is 11.6 Å². The number of benzene rings is 4. The van der Waals surface area contributed by atoms with Gasteiger partial charge >= 0.3 is 0 Å². The zero-order valence-corrected chi connectivity index (χ0v) is 23.7. The molecule has 9 heteroatoms. The lowest BCUT2D eigenvalue weighted by atomic mass is 10.1. The number of halogens is 2. The molecule has 4 aromatic rings. The molecule has 0 fully saturated rings. The Balaban J connectivity index is 1.47. The molecular weight excluding hydrogens is 565 g/mol. The average Bonchev–Trinajstić information content (AvgIpc) is 2.94. The van der Waals surface area contributed by atoms with Crippen LogP contribution in [0.15, 0.2) is 114 Å². The molecule has 0 radical (unpaired) electrons. The highest BCUT2D eigenvalue weighted by Crippen LogP contribution is 2.27. The Kier molecular flexibility index (Phi) is 10.0. The first-order valence-electron chi connectivity index (χ1n) is 12.2. The van der Waals surface area contributed by atoms with Crippen LogP contribution < -0.4 is 16.0 Å². The maximum Gasteiger partial charge on any atom is 0.272 e. The monoisotopic (exact) mass is 589 g/mol. The number of hydrogen-bond acceptors (Lipinski definition) is 4. The third kappa shape index (κ3) is 8.48. The van der Waals surface area contributed by atoms with Crippen LogP contribution >= 0.6 is 35.0 Å². The second-order valence-electron chi connectivity index (χ2n) is 8.67. The van der Waals surface area contributed by atoms with Crippen molar-refractivity contribution in [3.63, 3.8) is 0 Å². The predicted octanol–water partition coefficient (Wildman–Crippen LogP) is 7.52. The highest BCUT2D eigenvalue weighted by Gasteiger charge is 2.17. The number of amides is 3. The van der Waals surface area contributed by atoms with Crippen LogP contribution in [0.5, 0.6) is 0 Å². The molecule has 0 aliphatic heterocycles. The Hall–Kier alpha value is -4.04. The van der Waals surface area contributed by atoms with E-state index >= 15 is 0 Å². The molecule has 202 valence electrons. The summed E-state index contributed by atoms with van der Waals surface area (Å²) < 4.78 is 0. The first kappa shape index (κ1) is 29.0. The molecule has 40 heavy (non-hydrogen) atoms. The summed E-state index contributed by atoms with van der Waals surface area (Å²) in [6.07, 6.45) is 1.58. The van der Waals surface area contributed by atoms with Gasteiger partial charge in [-0.1, -0.05) is 65.7 Å². The Morgan fingerprint density at radius 3 is 2.12 bits per heavy atom. The molecule has 0 spiro atoms. The molecule has 3 amide bonds. The lowest BCUT2D eigenvalue weighted by Crippen LogP contribution is -2.30. The topological polar surface area (TPSA) is 87.3 Å². The second kappa shape index (κ2) is 13.8. The van der Waals surface area contributed by atoms with E-state index in [0.717, 1.165) is 4.90 Å². The molecule has 0 bridgehead atoms. The van der Waals surface area contributed by atoms with Crippen LogP contribution in [0.1, 0.15) is 22.8 Å². The average molecular weight is 591 g/mol. The number of anilines is 2. The van der Waals surface area contributed by atoms with Gasteiger partial charge in [-0.25, -0.2) is 0 Å². The van der Waals surface area contributed by atoms with Gasteiger partial charge in [0.1, 0.15) is 5.70 Å². The highest BCUT2D eigenvalue weighted by atomic mass is 35.5. The van der Waals surface area contributed by atoms with Gasteiger partial charge in [0, 0.05) is 31.9 Å². The number of nitrogens with one attached hydrogen (secondary N) is 3. The smallest absolute Gasteiger partial charge is 0.272 e. The van der Waals surface area contributed by atoms with E-state index in [0.29, 0.717) is 32.5 Å². The van der Waals surface area contributed by atoms with Crippen molar-refractivity contribution >= 4 is 70.1 Å². The number of carbonyl (C=O) groups is 3. The summed E-state index contributed by atoms with van der Waals surface area (Å²) in [5, 5.41) is 9.08. The zero-order chi connectivity index (χ0) is 28.5. The predicted molar refractivity (Wildman–Crippen MR) is 164 cm³/mol. The van der Waals surface area contributed by atoms with Crippen LogP contribution in [-0.2, 0) is 9.59 Å². The van der Waals surface area contributed by atoms with Gasteiger partial charge in [0.2, 0.25) is 5.91 Å². The highest BCUT2D eigenvalue weighted by molar-refractivity contribution is 8.00. The summed E-state index contributed by atoms with van der Waals surface area (Å²) in [7, 11) is 0. The first-order chi connectivity index (χ1) is 19.3. The lowest BCUT2D eigenvalue weighted by Gasteiger charge is -2.14. The Morgan fingerprint density at radius 1 is 0.750 bits per heavy atom. The summed E-state index contributed by atoms with van der Waals surface area (Å²) in [5.41, 5.74) is 2.29. The largest absolute Gasteiger partial charge is 0.325 e. The van der Waals surface area contributed by atoms with Gasteiger partial charge in [-0.3, -0.25) is 14.4 Å². The summed E-state index contributed by atoms with van der Waals surface area (Å²) >= 11 is 13.3. The van der Waals surface area contributed by atoms with Crippen LogP contribution in [0.4, 0.5) is 11.4 Å². The van der Waals surface area contributed by atoms with Gasteiger partial charge in [0.25, 0.3) is 11.8 Å². The minimum absolute atomic E-state index is 0.0588. The summed E-state index contributed by atoms with van der Waals surface area (Å²) in [6.45, 7) is 1.79. The fourth-order valence-corrected chi connectivity index (χ4v) is 4.82. The second-order valence-corrected chi connectivity index (χ2v) is 11.0. The van der Waals surface area contributed by atoms with E-state index in [9.17, 15) is 14.4 Å². The standard InChI is InChI=1S/C31H25Cl2N3O3S/c1-20(29(37)34-25-10-5-9-24(33)18-25)40-27-12-6-11-26(19-27)35-31(39)28(17-21-13-15-23(32)16-14-21)36-30(38)22-7-3-2-4-8-22/h2-20H,1H3,(H,34,37)(H,35,39)(H,36,38)/b28-17-. The van der Waals surface area contributed by atoms with Crippen molar-refractivity contribution in [3.8, 4) is 0 Å². The third-order valence-corrected chi connectivity index (χ3v) is 7.16. The van der Waals surface area contributed by atoms with Crippen LogP contribution in [0.25, 0.3) is 6.08 Å². The summed E-state index contributed by atoms with van der Waals surface area (Å²) in [4.78, 5) is 39.6. The molecule has 0 aromatic heterocycles. The zero-order valence-electron chi connectivity index (χ0n) is 21.4. The molecule has 0 saturated heterocycles. The van der Waals surface area contributed by atoms with Crippen LogP contribution in [-0.4, -0.2) is 23.0 Å². The van der Waals surface area contributed by atoms with E-state index < -0.39 is 17.1 Å². The molecule has 4 rings (SSSR count). The number of thioether (sulfide) groups is 1. The van der Waals surface area contributed by atoms with Gasteiger partial charge in [-0.15, -0.1) is 11.8 Å². The minimum Gasteiger partial charge on any atom is -0.325 e. The molecule has 3 N–H and O–H groups in total. The van der Waals surface area contributed by atoms with E-state index in [1.807, 2.05) is 6.07 Å². The van der Waals surface area contributed by atoms with E-state index in [2.05, 4.69) is 16.0 Å². The minimum atomic E-state index is -0.506. The maximum absolute atomic E-state index is 13.3. The fraction of sp³-hybridized carbons (Fsp3) is 0.0645. The van der Waals surface area contributed by atoms with Gasteiger partial charge in [-0.2, -0.15) is 0 Å². The molecule has 0 aliphatic rings. The summed E-state index contributed by atoms with van der Waals surface area (Å²) in [5.74, 6) is -1.11. The number of hydrogen-bond donors (Lipinski definition) is 3. The molecule has 1 atom stereocenters. The number of rotatable bonds is 9. The molecular formula is C31H25Cl2N3O3S. The Bertz CT molecular complexity index is 1540. The lowest BCUT2D eigenvalue weighted by molar-refractivity contribution is -0.115. The van der Waals surface area contributed by atoms with Crippen molar-refractivity contribution in [1.82, 2.24) is 5.32 Å². The quantitative estimate of drug-likeness (QED) is 0.139.